The minimum atomic E-state index is -0.846. The van der Waals surface area contributed by atoms with Crippen LogP contribution >= 0.6 is 11.3 Å². The normalized spacial score (nSPS) is 12.2. The third-order valence-corrected chi connectivity index (χ3v) is 5.13. The number of Topliss-reactive ketones (excluding diaryl/α,β-unsaturated/α-hetero) is 1. The van der Waals surface area contributed by atoms with E-state index in [0.29, 0.717) is 4.88 Å². The van der Waals surface area contributed by atoms with E-state index in [9.17, 15) is 14.4 Å². The molecule has 0 unspecified atom stereocenters. The van der Waals surface area contributed by atoms with Crippen molar-refractivity contribution in [3.05, 3.63) is 46.8 Å². The van der Waals surface area contributed by atoms with Gasteiger partial charge in [0.25, 0.3) is 0 Å². The molecule has 1 aromatic heterocycles. The van der Waals surface area contributed by atoms with Crippen LogP contribution in [0.15, 0.2) is 36.4 Å². The maximum absolute atomic E-state index is 12.3. The zero-order valence-corrected chi connectivity index (χ0v) is 18.2. The molecule has 1 atom stereocenters. The van der Waals surface area contributed by atoms with Crippen LogP contribution in [0.1, 0.15) is 49.9 Å². The third kappa shape index (κ3) is 7.02. The highest BCUT2D eigenvalue weighted by Gasteiger charge is 2.25. The standard InChI is InChI=1S/C22H27NO5S/c1-6-27-20(25)17(23-21(26)28-22(3,4)5)13-15-7-9-16(10-8-15)19-12-11-18(29-19)14(2)24/h7-12,17H,6,13H2,1-5H3,(H,23,26)/t17-/m0/s1. The monoisotopic (exact) mass is 417 g/mol. The molecule has 0 aliphatic rings. The van der Waals surface area contributed by atoms with Crippen LogP contribution in [0.4, 0.5) is 4.79 Å². The van der Waals surface area contributed by atoms with Gasteiger partial charge >= 0.3 is 12.1 Å². The number of esters is 1. The first-order chi connectivity index (χ1) is 13.6. The largest absolute Gasteiger partial charge is 0.464 e. The zero-order chi connectivity index (χ0) is 21.6. The number of nitrogens with one attached hydrogen (secondary N) is 1. The SMILES string of the molecule is CCOC(=O)[C@H](Cc1ccc(-c2ccc(C(C)=O)s2)cc1)NC(=O)OC(C)(C)C. The number of ether oxygens (including phenoxy) is 2. The lowest BCUT2D eigenvalue weighted by Gasteiger charge is -2.23. The van der Waals surface area contributed by atoms with E-state index in [0.717, 1.165) is 16.0 Å². The molecule has 1 amide bonds. The molecule has 0 bridgehead atoms. The van der Waals surface area contributed by atoms with Gasteiger partial charge in [0.1, 0.15) is 11.6 Å². The van der Waals surface area contributed by atoms with Crippen molar-refractivity contribution >= 4 is 29.2 Å². The smallest absolute Gasteiger partial charge is 0.408 e. The summed E-state index contributed by atoms with van der Waals surface area (Å²) < 4.78 is 10.3. The maximum atomic E-state index is 12.3. The molecule has 0 aliphatic heterocycles. The van der Waals surface area contributed by atoms with Crippen molar-refractivity contribution < 1.29 is 23.9 Å². The first-order valence-corrected chi connectivity index (χ1v) is 10.3. The number of hydrogen-bond donors (Lipinski definition) is 1. The summed E-state index contributed by atoms with van der Waals surface area (Å²) in [5.74, 6) is -0.463. The summed E-state index contributed by atoms with van der Waals surface area (Å²) in [5, 5.41) is 2.60. The molecule has 0 radical (unpaired) electrons. The highest BCUT2D eigenvalue weighted by molar-refractivity contribution is 7.17. The molecular weight excluding hydrogens is 390 g/mol. The molecule has 0 aliphatic carbocycles. The second-order valence-corrected chi connectivity index (χ2v) is 8.66. The Bertz CT molecular complexity index is 864. The molecule has 2 rings (SSSR count). The lowest BCUT2D eigenvalue weighted by molar-refractivity contribution is -0.145. The van der Waals surface area contributed by atoms with Crippen LogP contribution in [0.2, 0.25) is 0 Å². The third-order valence-electron chi connectivity index (χ3n) is 3.89. The van der Waals surface area contributed by atoms with Crippen molar-refractivity contribution in [2.24, 2.45) is 0 Å². The first kappa shape index (κ1) is 22.6. The van der Waals surface area contributed by atoms with Gasteiger partial charge in [-0.2, -0.15) is 0 Å². The lowest BCUT2D eigenvalue weighted by atomic mass is 10.0. The van der Waals surface area contributed by atoms with Gasteiger partial charge < -0.3 is 14.8 Å². The van der Waals surface area contributed by atoms with Crippen LogP contribution in [0.25, 0.3) is 10.4 Å². The number of thiophene rings is 1. The fourth-order valence-corrected chi connectivity index (χ4v) is 3.52. The maximum Gasteiger partial charge on any atom is 0.408 e. The van der Waals surface area contributed by atoms with Crippen LogP contribution in [-0.4, -0.2) is 36.1 Å². The number of amides is 1. The molecule has 156 valence electrons. The molecule has 0 saturated carbocycles. The Labute approximate surface area is 175 Å². The number of benzene rings is 1. The zero-order valence-electron chi connectivity index (χ0n) is 17.4. The van der Waals surface area contributed by atoms with Gasteiger partial charge in [-0.05, 0) is 57.9 Å². The van der Waals surface area contributed by atoms with Crippen molar-refractivity contribution in [1.29, 1.82) is 0 Å². The van der Waals surface area contributed by atoms with Crippen molar-refractivity contribution in [1.82, 2.24) is 5.32 Å². The topological polar surface area (TPSA) is 81.7 Å². The Balaban J connectivity index is 2.12. The van der Waals surface area contributed by atoms with Crippen LogP contribution in [0, 0.1) is 0 Å². The van der Waals surface area contributed by atoms with E-state index in [1.807, 2.05) is 36.4 Å². The summed E-state index contributed by atoms with van der Waals surface area (Å²) in [7, 11) is 0. The molecule has 1 N–H and O–H groups in total. The summed E-state index contributed by atoms with van der Waals surface area (Å²) in [6.07, 6.45) is -0.385. The fraction of sp³-hybridized carbons (Fsp3) is 0.409. The Morgan fingerprint density at radius 3 is 2.24 bits per heavy atom. The Hall–Kier alpha value is -2.67. The van der Waals surface area contributed by atoms with E-state index in [1.54, 1.807) is 34.6 Å². The van der Waals surface area contributed by atoms with E-state index >= 15 is 0 Å². The number of carbonyl (C=O) groups excluding carboxylic acids is 3. The van der Waals surface area contributed by atoms with Crippen LogP contribution in [0.3, 0.4) is 0 Å². The second kappa shape index (κ2) is 9.69. The molecule has 0 saturated heterocycles. The van der Waals surface area contributed by atoms with Gasteiger partial charge in [0, 0.05) is 11.3 Å². The average molecular weight is 418 g/mol. The number of rotatable bonds is 7. The van der Waals surface area contributed by atoms with Gasteiger partial charge in [0.05, 0.1) is 11.5 Å². The summed E-state index contributed by atoms with van der Waals surface area (Å²) >= 11 is 1.44. The summed E-state index contributed by atoms with van der Waals surface area (Å²) in [5.41, 5.74) is 1.19. The Morgan fingerprint density at radius 1 is 1.07 bits per heavy atom. The highest BCUT2D eigenvalue weighted by atomic mass is 32.1. The Kier molecular flexibility index (Phi) is 7.56. The van der Waals surface area contributed by atoms with Gasteiger partial charge in [0.2, 0.25) is 0 Å². The number of ketones is 1. The first-order valence-electron chi connectivity index (χ1n) is 9.45. The highest BCUT2D eigenvalue weighted by Crippen LogP contribution is 2.28. The molecule has 0 fully saturated rings. The van der Waals surface area contributed by atoms with E-state index in [1.165, 1.54) is 11.3 Å². The predicted molar refractivity (Wildman–Crippen MR) is 113 cm³/mol. The quantitative estimate of drug-likeness (QED) is 0.525. The van der Waals surface area contributed by atoms with E-state index < -0.39 is 23.7 Å². The van der Waals surface area contributed by atoms with Crippen molar-refractivity contribution in [3.63, 3.8) is 0 Å². The minimum absolute atomic E-state index is 0.0448. The molecule has 6 nitrogen and oxygen atoms in total. The van der Waals surface area contributed by atoms with E-state index in [2.05, 4.69) is 5.32 Å². The molecule has 2 aromatic rings. The molecular formula is C22H27NO5S. The molecule has 29 heavy (non-hydrogen) atoms. The summed E-state index contributed by atoms with van der Waals surface area (Å²) in [6.45, 7) is 8.76. The van der Waals surface area contributed by atoms with Crippen molar-refractivity contribution in [3.8, 4) is 10.4 Å². The molecule has 1 heterocycles. The lowest BCUT2D eigenvalue weighted by Crippen LogP contribution is -2.45. The van der Waals surface area contributed by atoms with Crippen LogP contribution in [0.5, 0.6) is 0 Å². The fourth-order valence-electron chi connectivity index (χ4n) is 2.61. The van der Waals surface area contributed by atoms with E-state index in [4.69, 9.17) is 9.47 Å². The van der Waals surface area contributed by atoms with Gasteiger partial charge in [-0.15, -0.1) is 11.3 Å². The Morgan fingerprint density at radius 2 is 1.72 bits per heavy atom. The van der Waals surface area contributed by atoms with Crippen molar-refractivity contribution in [2.75, 3.05) is 6.61 Å². The van der Waals surface area contributed by atoms with Gasteiger partial charge in [-0.25, -0.2) is 9.59 Å². The predicted octanol–water partition coefficient (Wildman–Crippen LogP) is 4.62. The van der Waals surface area contributed by atoms with E-state index in [-0.39, 0.29) is 18.8 Å². The average Bonchev–Trinajstić information content (AvgIpc) is 3.11. The summed E-state index contributed by atoms with van der Waals surface area (Å²) in [4.78, 5) is 37.6. The summed E-state index contributed by atoms with van der Waals surface area (Å²) in [6, 6.07) is 10.5. The number of alkyl carbamates (subject to hydrolysis) is 1. The minimum Gasteiger partial charge on any atom is -0.464 e. The van der Waals surface area contributed by atoms with Gasteiger partial charge in [-0.1, -0.05) is 24.3 Å². The molecule has 7 heteroatoms. The number of hydrogen-bond acceptors (Lipinski definition) is 6. The van der Waals surface area contributed by atoms with Crippen LogP contribution in [-0.2, 0) is 20.7 Å². The van der Waals surface area contributed by atoms with Crippen LogP contribution < -0.4 is 5.32 Å². The molecule has 1 aromatic carbocycles. The van der Waals surface area contributed by atoms with Gasteiger partial charge in [0.15, 0.2) is 5.78 Å². The second-order valence-electron chi connectivity index (χ2n) is 7.57. The van der Waals surface area contributed by atoms with Crippen molar-refractivity contribution in [2.45, 2.75) is 52.7 Å². The van der Waals surface area contributed by atoms with Gasteiger partial charge in [-0.3, -0.25) is 4.79 Å². The number of carbonyl (C=O) groups is 3. The molecule has 0 spiro atoms.